The van der Waals surface area contributed by atoms with E-state index >= 15 is 0 Å². The van der Waals surface area contributed by atoms with Crippen LogP contribution in [0.25, 0.3) is 0 Å². The van der Waals surface area contributed by atoms with E-state index in [1.165, 1.54) is 22.7 Å². The lowest BCUT2D eigenvalue weighted by atomic mass is 9.76. The van der Waals surface area contributed by atoms with Gasteiger partial charge < -0.3 is 4.74 Å². The molecule has 2 fully saturated rings. The molecule has 3 rings (SSSR count). The molecule has 0 amide bonds. The maximum atomic E-state index is 12.6. The van der Waals surface area contributed by atoms with Gasteiger partial charge in [0.05, 0.1) is 13.0 Å². The summed E-state index contributed by atoms with van der Waals surface area (Å²) in [5.74, 6) is 0.217. The van der Waals surface area contributed by atoms with Crippen LogP contribution in [0.2, 0.25) is 0 Å². The average Bonchev–Trinajstić information content (AvgIpc) is 2.84. The van der Waals surface area contributed by atoms with Gasteiger partial charge in [-0.25, -0.2) is 0 Å². The molecule has 0 aliphatic carbocycles. The van der Waals surface area contributed by atoms with Gasteiger partial charge in [0.1, 0.15) is 0 Å². The number of methoxy groups -OCH3 is 1. The van der Waals surface area contributed by atoms with E-state index in [0.717, 1.165) is 31.1 Å². The highest BCUT2D eigenvalue weighted by Gasteiger charge is 2.50. The molecule has 1 aromatic carbocycles. The topological polar surface area (TPSA) is 29.5 Å². The van der Waals surface area contributed by atoms with Crippen molar-refractivity contribution in [2.45, 2.75) is 43.7 Å². The number of esters is 1. The van der Waals surface area contributed by atoms with Crippen LogP contribution in [0.5, 0.6) is 0 Å². The largest absolute Gasteiger partial charge is 0.469 e. The number of alkyl halides is 1. The van der Waals surface area contributed by atoms with Crippen LogP contribution in [0.1, 0.15) is 37.2 Å². The van der Waals surface area contributed by atoms with E-state index < -0.39 is 0 Å². The molecule has 0 radical (unpaired) electrons. The Morgan fingerprint density at radius 1 is 1.35 bits per heavy atom. The van der Waals surface area contributed by atoms with Crippen molar-refractivity contribution >= 4 is 44.5 Å². The van der Waals surface area contributed by atoms with E-state index in [0.29, 0.717) is 12.1 Å². The normalized spacial score (nSPS) is 30.4. The smallest absolute Gasteiger partial charge is 0.310 e. The summed E-state index contributed by atoms with van der Waals surface area (Å²) in [5.41, 5.74) is 1.29. The third-order valence-corrected chi connectivity index (χ3v) is 6.67. The molecule has 2 saturated heterocycles. The molecule has 2 bridgehead atoms. The molecule has 2 unspecified atom stereocenters. The van der Waals surface area contributed by atoms with Crippen molar-refractivity contribution in [2.75, 3.05) is 19.0 Å². The number of halogens is 2. The van der Waals surface area contributed by atoms with Crippen molar-refractivity contribution < 1.29 is 9.53 Å². The van der Waals surface area contributed by atoms with Gasteiger partial charge in [-0.2, -0.15) is 0 Å². The molecule has 0 saturated carbocycles. The standard InChI is InChI=1S/C18H23BrINO2/c1-23-18(22)17-15(12-3-5-13(20)6-4-12)11-14-7-8-16(17)21(14)10-2-9-19/h3-6,14-17H,2,7-11H2,1H3/t14?,15-,16?,17+/m1/s1. The minimum atomic E-state index is -0.0391. The van der Waals surface area contributed by atoms with Gasteiger partial charge >= 0.3 is 5.97 Å². The fourth-order valence-electron chi connectivity index (χ4n) is 4.41. The van der Waals surface area contributed by atoms with Crippen LogP contribution in [0.3, 0.4) is 0 Å². The minimum Gasteiger partial charge on any atom is -0.469 e. The van der Waals surface area contributed by atoms with Crippen LogP contribution < -0.4 is 0 Å². The molecular weight excluding hydrogens is 469 g/mol. The molecule has 3 nitrogen and oxygen atoms in total. The monoisotopic (exact) mass is 491 g/mol. The molecular formula is C18H23BrINO2. The van der Waals surface area contributed by atoms with Gasteiger partial charge in [0.15, 0.2) is 0 Å². The fourth-order valence-corrected chi connectivity index (χ4v) is 5.02. The SMILES string of the molecule is COC(=O)[C@@H]1C2CCC(C[C@@H]1c1ccc(I)cc1)N2CCCBr. The zero-order chi connectivity index (χ0) is 16.4. The third kappa shape index (κ3) is 3.61. The van der Waals surface area contributed by atoms with Crippen LogP contribution in [0, 0.1) is 9.49 Å². The quantitative estimate of drug-likeness (QED) is 0.351. The molecule has 2 heterocycles. The van der Waals surface area contributed by atoms with Crippen molar-refractivity contribution in [3.8, 4) is 0 Å². The summed E-state index contributed by atoms with van der Waals surface area (Å²) in [6.45, 7) is 1.08. The first kappa shape index (κ1) is 17.7. The predicted octanol–water partition coefficient (Wildman–Crippen LogP) is 4.19. The van der Waals surface area contributed by atoms with Gasteiger partial charge in [0.25, 0.3) is 0 Å². The Bertz CT molecular complexity index is 550. The van der Waals surface area contributed by atoms with Crippen molar-refractivity contribution in [2.24, 2.45) is 5.92 Å². The van der Waals surface area contributed by atoms with E-state index in [1.54, 1.807) is 0 Å². The van der Waals surface area contributed by atoms with Gasteiger partial charge in [0.2, 0.25) is 0 Å². The minimum absolute atomic E-state index is 0.0332. The predicted molar refractivity (Wildman–Crippen MR) is 104 cm³/mol. The molecule has 2 aliphatic heterocycles. The molecule has 0 spiro atoms. The highest BCUT2D eigenvalue weighted by Crippen LogP contribution is 2.47. The Labute approximate surface area is 160 Å². The van der Waals surface area contributed by atoms with E-state index in [1.807, 2.05) is 0 Å². The van der Waals surface area contributed by atoms with Crippen molar-refractivity contribution in [1.29, 1.82) is 0 Å². The van der Waals surface area contributed by atoms with E-state index in [4.69, 9.17) is 4.74 Å². The van der Waals surface area contributed by atoms with Gasteiger partial charge in [-0.15, -0.1) is 0 Å². The summed E-state index contributed by atoms with van der Waals surface area (Å²) in [5, 5.41) is 1.02. The van der Waals surface area contributed by atoms with E-state index in [2.05, 4.69) is 67.7 Å². The zero-order valence-corrected chi connectivity index (χ0v) is 17.1. The Hall–Kier alpha value is -0.140. The summed E-state index contributed by atoms with van der Waals surface area (Å²) < 4.78 is 6.43. The molecule has 5 heteroatoms. The van der Waals surface area contributed by atoms with Crippen LogP contribution >= 0.6 is 38.5 Å². The second-order valence-corrected chi connectivity index (χ2v) is 8.56. The van der Waals surface area contributed by atoms with Gasteiger partial charge in [0, 0.05) is 26.9 Å². The van der Waals surface area contributed by atoms with Crippen molar-refractivity contribution in [1.82, 2.24) is 4.90 Å². The summed E-state index contributed by atoms with van der Waals surface area (Å²) in [7, 11) is 1.52. The molecule has 1 aromatic rings. The first-order valence-corrected chi connectivity index (χ1v) is 10.5. The first-order chi connectivity index (χ1) is 11.2. The van der Waals surface area contributed by atoms with Crippen molar-refractivity contribution in [3.05, 3.63) is 33.4 Å². The highest BCUT2D eigenvalue weighted by molar-refractivity contribution is 14.1. The van der Waals surface area contributed by atoms with Gasteiger partial charge in [-0.3, -0.25) is 9.69 Å². The van der Waals surface area contributed by atoms with Crippen LogP contribution in [0.4, 0.5) is 0 Å². The summed E-state index contributed by atoms with van der Waals surface area (Å²) in [6, 6.07) is 9.62. The Morgan fingerprint density at radius 2 is 2.09 bits per heavy atom. The average molecular weight is 492 g/mol. The molecule has 2 aliphatic rings. The molecule has 23 heavy (non-hydrogen) atoms. The second-order valence-electron chi connectivity index (χ2n) is 6.52. The van der Waals surface area contributed by atoms with Gasteiger partial charge in [-0.1, -0.05) is 28.1 Å². The van der Waals surface area contributed by atoms with Gasteiger partial charge in [-0.05, 0) is 72.5 Å². The lowest BCUT2D eigenvalue weighted by Gasteiger charge is -2.43. The maximum absolute atomic E-state index is 12.6. The summed E-state index contributed by atoms with van der Waals surface area (Å²) in [4.78, 5) is 15.1. The number of hydrogen-bond acceptors (Lipinski definition) is 3. The molecule has 4 atom stereocenters. The Balaban J connectivity index is 1.88. The van der Waals surface area contributed by atoms with Crippen molar-refractivity contribution in [3.63, 3.8) is 0 Å². The maximum Gasteiger partial charge on any atom is 0.310 e. The summed E-state index contributed by atoms with van der Waals surface area (Å²) >= 11 is 5.86. The van der Waals surface area contributed by atoms with E-state index in [9.17, 15) is 4.79 Å². The van der Waals surface area contributed by atoms with E-state index in [-0.39, 0.29) is 17.8 Å². The second kappa shape index (κ2) is 7.83. The number of carbonyl (C=O) groups excluding carboxylic acids is 1. The number of fused-ring (bicyclic) bond motifs is 2. The van der Waals surface area contributed by atoms with Crippen LogP contribution in [-0.2, 0) is 9.53 Å². The first-order valence-electron chi connectivity index (χ1n) is 8.30. The number of hydrogen-bond donors (Lipinski definition) is 0. The third-order valence-electron chi connectivity index (χ3n) is 5.39. The number of benzene rings is 1. The van der Waals surface area contributed by atoms with Crippen LogP contribution in [0.15, 0.2) is 24.3 Å². The Morgan fingerprint density at radius 3 is 2.74 bits per heavy atom. The fraction of sp³-hybridized carbons (Fsp3) is 0.611. The lowest BCUT2D eigenvalue weighted by Crippen LogP contribution is -2.51. The number of ether oxygens (including phenoxy) is 1. The molecule has 0 aromatic heterocycles. The Kier molecular flexibility index (Phi) is 6.02. The zero-order valence-electron chi connectivity index (χ0n) is 13.4. The van der Waals surface area contributed by atoms with Crippen LogP contribution in [-0.4, -0.2) is 41.9 Å². The summed E-state index contributed by atoms with van der Waals surface area (Å²) in [6.07, 6.45) is 4.53. The number of piperidine rings is 1. The number of carbonyl (C=O) groups is 1. The number of rotatable bonds is 5. The molecule has 0 N–H and O–H groups in total. The molecule has 126 valence electrons. The lowest BCUT2D eigenvalue weighted by molar-refractivity contribution is -0.150. The number of nitrogens with zero attached hydrogens (tertiary/aromatic N) is 1. The highest BCUT2D eigenvalue weighted by atomic mass is 127.